The van der Waals surface area contributed by atoms with E-state index in [1.165, 1.54) is 24.3 Å². The van der Waals surface area contributed by atoms with Crippen molar-refractivity contribution < 1.29 is 28.7 Å². The van der Waals surface area contributed by atoms with Gasteiger partial charge < -0.3 is 4.74 Å². The minimum Gasteiger partial charge on any atom is -0.462 e. The lowest BCUT2D eigenvalue weighted by atomic mass is 10.2. The molecule has 8 heteroatoms. The molecular weight excluding hydrogens is 328 g/mol. The maximum atomic E-state index is 12.6. The first-order valence-electron chi connectivity index (χ1n) is 7.93. The Labute approximate surface area is 143 Å². The third kappa shape index (κ3) is 2.90. The summed E-state index contributed by atoms with van der Waals surface area (Å²) in [5, 5.41) is 0. The zero-order valence-corrected chi connectivity index (χ0v) is 13.6. The SMILES string of the molecule is CCOC(=O)c1ccc(N2C(=O)CC(N3C(=O)CCC3=O)C2=O)cc1. The monoisotopic (exact) mass is 344 g/mol. The van der Waals surface area contributed by atoms with E-state index in [1.807, 2.05) is 0 Å². The number of carbonyl (C=O) groups is 5. The summed E-state index contributed by atoms with van der Waals surface area (Å²) in [5.74, 6) is -2.48. The van der Waals surface area contributed by atoms with Crippen LogP contribution in [0.3, 0.4) is 0 Å². The number of benzene rings is 1. The van der Waals surface area contributed by atoms with Crippen molar-refractivity contribution in [3.63, 3.8) is 0 Å². The predicted octanol–water partition coefficient (Wildman–Crippen LogP) is 0.644. The van der Waals surface area contributed by atoms with Gasteiger partial charge in [0.15, 0.2) is 0 Å². The number of hydrogen-bond donors (Lipinski definition) is 0. The lowest BCUT2D eigenvalue weighted by molar-refractivity contribution is -0.144. The Bertz CT molecular complexity index is 754. The van der Waals surface area contributed by atoms with E-state index in [-0.39, 0.29) is 31.6 Å². The van der Waals surface area contributed by atoms with E-state index in [2.05, 4.69) is 0 Å². The van der Waals surface area contributed by atoms with Gasteiger partial charge in [-0.05, 0) is 31.2 Å². The molecule has 3 rings (SSSR count). The van der Waals surface area contributed by atoms with Crippen LogP contribution in [0.2, 0.25) is 0 Å². The van der Waals surface area contributed by atoms with Gasteiger partial charge in [-0.15, -0.1) is 0 Å². The largest absolute Gasteiger partial charge is 0.462 e. The smallest absolute Gasteiger partial charge is 0.338 e. The van der Waals surface area contributed by atoms with E-state index in [4.69, 9.17) is 4.74 Å². The topological polar surface area (TPSA) is 101 Å². The van der Waals surface area contributed by atoms with Gasteiger partial charge in [-0.2, -0.15) is 0 Å². The predicted molar refractivity (Wildman–Crippen MR) is 84.4 cm³/mol. The summed E-state index contributed by atoms with van der Waals surface area (Å²) in [5.41, 5.74) is 0.579. The molecule has 2 aliphatic heterocycles. The molecule has 0 radical (unpaired) electrons. The number of nitrogens with zero attached hydrogens (tertiary/aromatic N) is 2. The van der Waals surface area contributed by atoms with Gasteiger partial charge in [-0.1, -0.05) is 0 Å². The summed E-state index contributed by atoms with van der Waals surface area (Å²) in [7, 11) is 0. The molecule has 2 saturated heterocycles. The van der Waals surface area contributed by atoms with Gasteiger partial charge in [0, 0.05) is 12.8 Å². The van der Waals surface area contributed by atoms with Crippen molar-refractivity contribution in [3.05, 3.63) is 29.8 Å². The zero-order chi connectivity index (χ0) is 18.1. The highest BCUT2D eigenvalue weighted by molar-refractivity contribution is 6.24. The molecule has 0 N–H and O–H groups in total. The average molecular weight is 344 g/mol. The van der Waals surface area contributed by atoms with Crippen LogP contribution in [0, 0.1) is 0 Å². The first-order valence-corrected chi connectivity index (χ1v) is 7.93. The molecule has 0 aromatic heterocycles. The molecule has 1 atom stereocenters. The third-order valence-corrected chi connectivity index (χ3v) is 4.16. The molecule has 25 heavy (non-hydrogen) atoms. The Hall–Kier alpha value is -3.03. The summed E-state index contributed by atoms with van der Waals surface area (Å²) in [6, 6.07) is 4.73. The number of anilines is 1. The molecule has 2 heterocycles. The summed E-state index contributed by atoms with van der Waals surface area (Å²) < 4.78 is 4.88. The van der Waals surface area contributed by atoms with Crippen LogP contribution in [-0.2, 0) is 23.9 Å². The van der Waals surface area contributed by atoms with Crippen molar-refractivity contribution in [2.45, 2.75) is 32.2 Å². The van der Waals surface area contributed by atoms with Crippen LogP contribution in [-0.4, -0.2) is 47.1 Å². The van der Waals surface area contributed by atoms with E-state index >= 15 is 0 Å². The van der Waals surface area contributed by atoms with Crippen molar-refractivity contribution >= 4 is 35.3 Å². The van der Waals surface area contributed by atoms with Crippen LogP contribution >= 0.6 is 0 Å². The lowest BCUT2D eigenvalue weighted by Gasteiger charge is -2.20. The fraction of sp³-hybridized carbons (Fsp3) is 0.353. The fourth-order valence-electron chi connectivity index (χ4n) is 2.99. The highest BCUT2D eigenvalue weighted by atomic mass is 16.5. The van der Waals surface area contributed by atoms with Crippen LogP contribution in [0.4, 0.5) is 5.69 Å². The van der Waals surface area contributed by atoms with E-state index in [0.29, 0.717) is 5.56 Å². The van der Waals surface area contributed by atoms with Gasteiger partial charge in [0.25, 0.3) is 5.91 Å². The minimum atomic E-state index is -1.08. The molecule has 130 valence electrons. The Morgan fingerprint density at radius 3 is 2.20 bits per heavy atom. The summed E-state index contributed by atoms with van der Waals surface area (Å²) in [4.78, 5) is 62.0. The number of imide groups is 2. The van der Waals surface area contributed by atoms with Crippen LogP contribution in [0.15, 0.2) is 24.3 Å². The Balaban J connectivity index is 1.82. The van der Waals surface area contributed by atoms with E-state index in [9.17, 15) is 24.0 Å². The molecule has 4 amide bonds. The van der Waals surface area contributed by atoms with Crippen molar-refractivity contribution in [2.24, 2.45) is 0 Å². The average Bonchev–Trinajstić information content (AvgIpc) is 3.06. The Morgan fingerprint density at radius 2 is 1.64 bits per heavy atom. The molecule has 0 bridgehead atoms. The summed E-state index contributed by atoms with van der Waals surface area (Å²) >= 11 is 0. The molecule has 0 aliphatic carbocycles. The summed E-state index contributed by atoms with van der Waals surface area (Å²) in [6.45, 7) is 1.93. The molecular formula is C17H16N2O6. The number of esters is 1. The normalized spacial score (nSPS) is 20.6. The molecule has 1 unspecified atom stereocenters. The van der Waals surface area contributed by atoms with E-state index in [0.717, 1.165) is 9.80 Å². The zero-order valence-electron chi connectivity index (χ0n) is 13.6. The molecule has 0 spiro atoms. The van der Waals surface area contributed by atoms with Gasteiger partial charge in [0.1, 0.15) is 6.04 Å². The van der Waals surface area contributed by atoms with Crippen LogP contribution in [0.25, 0.3) is 0 Å². The first kappa shape index (κ1) is 16.8. The number of rotatable bonds is 4. The van der Waals surface area contributed by atoms with Crippen molar-refractivity contribution in [3.8, 4) is 0 Å². The van der Waals surface area contributed by atoms with Gasteiger partial charge in [-0.3, -0.25) is 24.1 Å². The summed E-state index contributed by atoms with van der Waals surface area (Å²) in [6.07, 6.45) is -0.105. The van der Waals surface area contributed by atoms with Gasteiger partial charge >= 0.3 is 5.97 Å². The van der Waals surface area contributed by atoms with Crippen LogP contribution in [0.1, 0.15) is 36.5 Å². The second kappa shape index (κ2) is 6.46. The molecule has 2 aliphatic rings. The second-order valence-electron chi connectivity index (χ2n) is 5.71. The van der Waals surface area contributed by atoms with Crippen molar-refractivity contribution in [1.29, 1.82) is 0 Å². The standard InChI is InChI=1S/C17H16N2O6/c1-2-25-17(24)10-3-5-11(6-4-10)18-15(22)9-12(16(18)23)19-13(20)7-8-14(19)21/h3-6,12H,2,7-9H2,1H3. The van der Waals surface area contributed by atoms with Gasteiger partial charge in [-0.25, -0.2) is 9.69 Å². The Morgan fingerprint density at radius 1 is 1.04 bits per heavy atom. The van der Waals surface area contributed by atoms with E-state index < -0.39 is 35.6 Å². The second-order valence-corrected chi connectivity index (χ2v) is 5.71. The minimum absolute atomic E-state index is 0.0606. The quantitative estimate of drug-likeness (QED) is 0.587. The molecule has 8 nitrogen and oxygen atoms in total. The van der Waals surface area contributed by atoms with Crippen LogP contribution < -0.4 is 4.90 Å². The lowest BCUT2D eigenvalue weighted by Crippen LogP contribution is -2.44. The van der Waals surface area contributed by atoms with Crippen LogP contribution in [0.5, 0.6) is 0 Å². The van der Waals surface area contributed by atoms with Gasteiger partial charge in [0.05, 0.1) is 24.3 Å². The maximum Gasteiger partial charge on any atom is 0.338 e. The van der Waals surface area contributed by atoms with Gasteiger partial charge in [0.2, 0.25) is 17.7 Å². The number of carbonyl (C=O) groups excluding carboxylic acids is 5. The van der Waals surface area contributed by atoms with Crippen molar-refractivity contribution in [1.82, 2.24) is 4.90 Å². The fourth-order valence-corrected chi connectivity index (χ4v) is 2.99. The molecule has 1 aromatic carbocycles. The number of likely N-dealkylation sites (tertiary alicyclic amines) is 1. The highest BCUT2D eigenvalue weighted by Crippen LogP contribution is 2.28. The Kier molecular flexibility index (Phi) is 4.35. The molecule has 2 fully saturated rings. The highest BCUT2D eigenvalue weighted by Gasteiger charge is 2.48. The third-order valence-electron chi connectivity index (χ3n) is 4.16. The van der Waals surface area contributed by atoms with Crippen molar-refractivity contribution in [2.75, 3.05) is 11.5 Å². The maximum absolute atomic E-state index is 12.6. The number of hydrogen-bond acceptors (Lipinski definition) is 6. The first-order chi connectivity index (χ1) is 11.9. The molecule has 1 aromatic rings. The van der Waals surface area contributed by atoms with E-state index in [1.54, 1.807) is 6.92 Å². The molecule has 0 saturated carbocycles. The number of ether oxygens (including phenoxy) is 1. The number of amides is 4.